The van der Waals surface area contributed by atoms with Gasteiger partial charge in [0.25, 0.3) is 0 Å². The van der Waals surface area contributed by atoms with Gasteiger partial charge in [-0.3, -0.25) is 4.79 Å². The molecule has 0 radical (unpaired) electrons. The number of halogens is 1. The number of hydrazone groups is 1. The smallest absolute Gasteiger partial charge is 0.144 e. The van der Waals surface area contributed by atoms with Gasteiger partial charge in [-0.05, 0) is 18.3 Å². The van der Waals surface area contributed by atoms with E-state index in [1.54, 1.807) is 0 Å². The highest BCUT2D eigenvalue weighted by Crippen LogP contribution is 2.38. The van der Waals surface area contributed by atoms with Gasteiger partial charge in [0.1, 0.15) is 5.78 Å². The molecule has 0 saturated heterocycles. The quantitative estimate of drug-likeness (QED) is 0.783. The van der Waals surface area contributed by atoms with Crippen LogP contribution in [-0.4, -0.2) is 22.9 Å². The number of hydrogen-bond acceptors (Lipinski definition) is 3. The van der Waals surface area contributed by atoms with E-state index in [1.165, 1.54) is 0 Å². The summed E-state index contributed by atoms with van der Waals surface area (Å²) in [6.45, 7) is 4.32. The highest BCUT2D eigenvalue weighted by Gasteiger charge is 2.45. The number of rotatable bonds is 2. The molecule has 1 heterocycles. The lowest BCUT2D eigenvalue weighted by atomic mass is 9.68. The summed E-state index contributed by atoms with van der Waals surface area (Å²) in [5, 5.41) is 5.18. The molecular weight excluding hydrogens is 256 g/mol. The molecule has 0 aromatic carbocycles. The molecule has 0 bridgehead atoms. The van der Waals surface area contributed by atoms with Gasteiger partial charge < -0.3 is 5.43 Å². The molecule has 4 heteroatoms. The predicted molar refractivity (Wildman–Crippen MR) is 64.3 cm³/mol. The van der Waals surface area contributed by atoms with Crippen molar-refractivity contribution in [2.75, 3.05) is 5.33 Å². The molecule has 0 spiro atoms. The van der Waals surface area contributed by atoms with Crippen LogP contribution in [0.2, 0.25) is 0 Å². The number of Topliss-reactive ketones (excluding diaryl/α,β-unsaturated/α-hetero) is 1. The first-order valence-electron chi connectivity index (χ1n) is 5.44. The van der Waals surface area contributed by atoms with Crippen molar-refractivity contribution in [2.24, 2.45) is 16.4 Å². The highest BCUT2D eigenvalue weighted by molar-refractivity contribution is 9.09. The number of nitrogens with one attached hydrogen (secondary N) is 1. The van der Waals surface area contributed by atoms with Gasteiger partial charge >= 0.3 is 0 Å². The summed E-state index contributed by atoms with van der Waals surface area (Å²) < 4.78 is 0. The normalized spacial score (nSPS) is 33.3. The number of fused-ring (bicyclic) bond motifs is 1. The summed E-state index contributed by atoms with van der Waals surface area (Å²) in [5.41, 5.74) is 4.29. The zero-order valence-electron chi connectivity index (χ0n) is 9.22. The van der Waals surface area contributed by atoms with Crippen molar-refractivity contribution in [3.63, 3.8) is 0 Å². The highest BCUT2D eigenvalue weighted by atomic mass is 79.9. The molecule has 84 valence electrons. The summed E-state index contributed by atoms with van der Waals surface area (Å²) in [7, 11) is 0. The summed E-state index contributed by atoms with van der Waals surface area (Å²) >= 11 is 3.40. The Morgan fingerprint density at radius 2 is 2.33 bits per heavy atom. The Balaban J connectivity index is 2.14. The second-order valence-corrected chi connectivity index (χ2v) is 6.06. The van der Waals surface area contributed by atoms with Crippen molar-refractivity contribution in [1.82, 2.24) is 5.43 Å². The lowest BCUT2D eigenvalue weighted by molar-refractivity contribution is -0.126. The summed E-state index contributed by atoms with van der Waals surface area (Å²) in [6.07, 6.45) is 2.61. The van der Waals surface area contributed by atoms with Gasteiger partial charge in [-0.1, -0.05) is 29.8 Å². The Hall–Kier alpha value is -0.380. The van der Waals surface area contributed by atoms with Gasteiger partial charge in [0.05, 0.1) is 17.7 Å². The molecule has 2 rings (SSSR count). The maximum atomic E-state index is 12.0. The van der Waals surface area contributed by atoms with E-state index >= 15 is 0 Å². The van der Waals surface area contributed by atoms with E-state index < -0.39 is 0 Å². The molecule has 0 aromatic heterocycles. The number of carbonyl (C=O) groups excluding carboxylic acids is 1. The Labute approximate surface area is 98.8 Å². The third-order valence-corrected chi connectivity index (χ3v) is 3.65. The number of alkyl halides is 1. The average Bonchev–Trinajstić information content (AvgIpc) is 2.46. The number of ketones is 1. The van der Waals surface area contributed by atoms with Crippen LogP contribution in [0, 0.1) is 11.3 Å². The minimum absolute atomic E-state index is 0.0515. The fourth-order valence-corrected chi connectivity index (χ4v) is 3.08. The molecule has 15 heavy (non-hydrogen) atoms. The third-order valence-electron chi connectivity index (χ3n) is 3.26. The molecule has 2 aliphatic rings. The van der Waals surface area contributed by atoms with Crippen LogP contribution in [0.1, 0.15) is 33.1 Å². The van der Waals surface area contributed by atoms with Crippen LogP contribution in [0.5, 0.6) is 0 Å². The number of carbonyl (C=O) groups is 1. The van der Waals surface area contributed by atoms with E-state index in [9.17, 15) is 4.79 Å². The first-order chi connectivity index (χ1) is 7.03. The van der Waals surface area contributed by atoms with Crippen LogP contribution >= 0.6 is 15.9 Å². The molecule has 2 atom stereocenters. The van der Waals surface area contributed by atoms with E-state index in [4.69, 9.17) is 0 Å². The van der Waals surface area contributed by atoms with Crippen LogP contribution in [0.15, 0.2) is 5.10 Å². The van der Waals surface area contributed by atoms with Gasteiger partial charge in [-0.2, -0.15) is 5.10 Å². The van der Waals surface area contributed by atoms with Crippen molar-refractivity contribution < 1.29 is 4.79 Å². The van der Waals surface area contributed by atoms with Crippen LogP contribution in [0.3, 0.4) is 0 Å². The monoisotopic (exact) mass is 272 g/mol. The number of hydrogen-bond donors (Lipinski definition) is 1. The standard InChI is InChI=1S/C11H17BrN2O/c1-11(2)5-8-10(9(15)6-11)7(3-4-12)13-14-8/h8,10,14H,3-6H2,1-2H3/t8-,10-/m1/s1. The predicted octanol–water partition coefficient (Wildman–Crippen LogP) is 2.10. The Kier molecular flexibility index (Phi) is 2.88. The van der Waals surface area contributed by atoms with E-state index in [-0.39, 0.29) is 17.4 Å². The molecule has 3 nitrogen and oxygen atoms in total. The van der Waals surface area contributed by atoms with E-state index in [0.717, 1.165) is 23.9 Å². The van der Waals surface area contributed by atoms with Gasteiger partial charge in [-0.15, -0.1) is 0 Å². The van der Waals surface area contributed by atoms with Gasteiger partial charge in [0, 0.05) is 11.8 Å². The summed E-state index contributed by atoms with van der Waals surface area (Å²) in [6, 6.07) is 0.246. The van der Waals surface area contributed by atoms with Crippen molar-refractivity contribution in [2.45, 2.75) is 39.2 Å². The van der Waals surface area contributed by atoms with Gasteiger partial charge in [-0.25, -0.2) is 0 Å². The fourth-order valence-electron chi connectivity index (χ4n) is 2.67. The molecule has 1 fully saturated rings. The molecule has 1 saturated carbocycles. The molecule has 0 aromatic rings. The zero-order valence-corrected chi connectivity index (χ0v) is 10.8. The molecular formula is C11H17BrN2O. The molecule has 1 aliphatic heterocycles. The van der Waals surface area contributed by atoms with E-state index in [0.29, 0.717) is 12.2 Å². The van der Waals surface area contributed by atoms with Crippen LogP contribution in [0.4, 0.5) is 0 Å². The summed E-state index contributed by atoms with van der Waals surface area (Å²) in [5.74, 6) is 0.413. The lowest BCUT2D eigenvalue weighted by Crippen LogP contribution is -2.45. The molecule has 0 amide bonds. The summed E-state index contributed by atoms with van der Waals surface area (Å²) in [4.78, 5) is 12.0. The van der Waals surface area contributed by atoms with Crippen LogP contribution < -0.4 is 5.43 Å². The van der Waals surface area contributed by atoms with E-state index in [2.05, 4.69) is 40.3 Å². The Bertz CT molecular complexity index is 312. The zero-order chi connectivity index (χ0) is 11.1. The molecule has 1 N–H and O–H groups in total. The van der Waals surface area contributed by atoms with Crippen LogP contribution in [-0.2, 0) is 4.79 Å². The maximum Gasteiger partial charge on any atom is 0.144 e. The molecule has 1 aliphatic carbocycles. The fraction of sp³-hybridized carbons (Fsp3) is 0.818. The first-order valence-corrected chi connectivity index (χ1v) is 6.56. The number of nitrogens with zero attached hydrogens (tertiary/aromatic N) is 1. The van der Waals surface area contributed by atoms with Gasteiger partial charge in [0.2, 0.25) is 0 Å². The Morgan fingerprint density at radius 3 is 3.00 bits per heavy atom. The second-order valence-electron chi connectivity index (χ2n) is 5.27. The minimum Gasteiger partial charge on any atom is -0.306 e. The van der Waals surface area contributed by atoms with Gasteiger partial charge in [0.15, 0.2) is 0 Å². The van der Waals surface area contributed by atoms with E-state index in [1.807, 2.05) is 0 Å². The topological polar surface area (TPSA) is 41.5 Å². The van der Waals surface area contributed by atoms with Crippen molar-refractivity contribution in [3.05, 3.63) is 0 Å². The van der Waals surface area contributed by atoms with Crippen molar-refractivity contribution in [1.29, 1.82) is 0 Å². The lowest BCUT2D eigenvalue weighted by Gasteiger charge is -2.36. The Morgan fingerprint density at radius 1 is 1.60 bits per heavy atom. The van der Waals surface area contributed by atoms with Crippen LogP contribution in [0.25, 0.3) is 0 Å². The van der Waals surface area contributed by atoms with Crippen molar-refractivity contribution in [3.8, 4) is 0 Å². The SMILES string of the molecule is CC1(C)CC(=O)[C@@H]2C(CCBr)=NN[C@@H]2C1. The first kappa shape index (κ1) is 11.1. The molecule has 0 unspecified atom stereocenters. The maximum absolute atomic E-state index is 12.0. The van der Waals surface area contributed by atoms with Crippen molar-refractivity contribution >= 4 is 27.4 Å². The second kappa shape index (κ2) is 3.89. The average molecular weight is 273 g/mol. The largest absolute Gasteiger partial charge is 0.306 e. The third kappa shape index (κ3) is 2.10. The minimum atomic E-state index is 0.0515.